The second-order valence-electron chi connectivity index (χ2n) is 5.69. The summed E-state index contributed by atoms with van der Waals surface area (Å²) < 4.78 is 2.79. The molecule has 0 atom stereocenters. The second kappa shape index (κ2) is 6.31. The molecule has 0 aromatic carbocycles. The Balaban J connectivity index is 1.76. The van der Waals surface area contributed by atoms with Gasteiger partial charge < -0.3 is 4.98 Å². The van der Waals surface area contributed by atoms with Gasteiger partial charge in [0.2, 0.25) is 5.95 Å². The number of nitrogens with one attached hydrogen (secondary N) is 1. The molecule has 1 aliphatic heterocycles. The van der Waals surface area contributed by atoms with Gasteiger partial charge in [-0.05, 0) is 22.4 Å². The van der Waals surface area contributed by atoms with Crippen LogP contribution < -0.4 is 4.90 Å². The molecule has 4 rings (SSSR count). The third-order valence-corrected chi connectivity index (χ3v) is 4.43. The largest absolute Gasteiger partial charge is 0.333 e. The number of unbranched alkanes of at least 4 members (excludes halogenated alkanes) is 2. The van der Waals surface area contributed by atoms with Gasteiger partial charge in [0.1, 0.15) is 5.69 Å². The molecular formula is C15H17BrN8. The van der Waals surface area contributed by atoms with Crippen LogP contribution in [0.1, 0.15) is 31.9 Å². The summed E-state index contributed by atoms with van der Waals surface area (Å²) in [7, 11) is 0. The van der Waals surface area contributed by atoms with E-state index in [2.05, 4.69) is 62.5 Å². The van der Waals surface area contributed by atoms with Crippen molar-refractivity contribution in [3.05, 3.63) is 29.0 Å². The Hall–Kier alpha value is -2.29. The van der Waals surface area contributed by atoms with E-state index in [9.17, 15) is 0 Å². The van der Waals surface area contributed by atoms with E-state index < -0.39 is 0 Å². The van der Waals surface area contributed by atoms with E-state index >= 15 is 0 Å². The zero-order valence-corrected chi connectivity index (χ0v) is 14.9. The number of rotatable bonds is 5. The Morgan fingerprint density at radius 1 is 1.25 bits per heavy atom. The number of halogens is 1. The lowest BCUT2D eigenvalue weighted by Crippen LogP contribution is -2.28. The molecule has 0 saturated heterocycles. The molecular weight excluding hydrogens is 372 g/mol. The molecule has 124 valence electrons. The molecule has 0 unspecified atom stereocenters. The topological polar surface area (TPSA) is 88.4 Å². The smallest absolute Gasteiger partial charge is 0.233 e. The lowest BCUT2D eigenvalue weighted by atomic mass is 10.2. The van der Waals surface area contributed by atoms with Gasteiger partial charge in [-0.25, -0.2) is 9.97 Å². The normalized spacial score (nSPS) is 13.0. The van der Waals surface area contributed by atoms with Gasteiger partial charge in [0.05, 0.1) is 18.4 Å². The first-order valence-electron chi connectivity index (χ1n) is 7.99. The van der Waals surface area contributed by atoms with E-state index in [-0.39, 0.29) is 0 Å². The van der Waals surface area contributed by atoms with Crippen LogP contribution in [0.5, 0.6) is 0 Å². The van der Waals surface area contributed by atoms with Gasteiger partial charge in [0.15, 0.2) is 16.4 Å². The molecule has 4 heterocycles. The Morgan fingerprint density at radius 3 is 2.96 bits per heavy atom. The Morgan fingerprint density at radius 2 is 2.17 bits per heavy atom. The van der Waals surface area contributed by atoms with E-state index in [0.717, 1.165) is 41.0 Å². The minimum Gasteiger partial charge on any atom is -0.333 e. The van der Waals surface area contributed by atoms with Crippen LogP contribution in [-0.2, 0) is 6.54 Å². The van der Waals surface area contributed by atoms with Crippen molar-refractivity contribution in [1.29, 1.82) is 0 Å². The fraction of sp³-hybridized carbons (Fsp3) is 0.400. The average molecular weight is 389 g/mol. The molecule has 8 nitrogen and oxygen atoms in total. The Kier molecular flexibility index (Phi) is 4.01. The van der Waals surface area contributed by atoms with Gasteiger partial charge in [-0.2, -0.15) is 0 Å². The van der Waals surface area contributed by atoms with Crippen molar-refractivity contribution in [2.24, 2.45) is 0 Å². The van der Waals surface area contributed by atoms with Crippen molar-refractivity contribution in [1.82, 2.24) is 34.7 Å². The van der Waals surface area contributed by atoms with Gasteiger partial charge >= 0.3 is 0 Å². The molecule has 24 heavy (non-hydrogen) atoms. The highest BCUT2D eigenvalue weighted by Gasteiger charge is 2.30. The fourth-order valence-electron chi connectivity index (χ4n) is 2.93. The number of H-pyrrole nitrogens is 1. The third-order valence-electron chi connectivity index (χ3n) is 4.05. The van der Waals surface area contributed by atoms with Crippen molar-refractivity contribution in [2.45, 2.75) is 32.7 Å². The number of imidazole rings is 1. The van der Waals surface area contributed by atoms with Crippen LogP contribution in [0, 0.1) is 0 Å². The lowest BCUT2D eigenvalue weighted by molar-refractivity contribution is 0.668. The average Bonchev–Trinajstić information content (AvgIpc) is 3.18. The number of fused-ring (bicyclic) bond motifs is 2. The zero-order valence-electron chi connectivity index (χ0n) is 13.3. The van der Waals surface area contributed by atoms with Crippen molar-refractivity contribution >= 4 is 27.7 Å². The highest BCUT2D eigenvalue weighted by atomic mass is 79.9. The third kappa shape index (κ3) is 2.58. The first-order valence-corrected chi connectivity index (χ1v) is 8.78. The highest BCUT2D eigenvalue weighted by molar-refractivity contribution is 9.10. The van der Waals surface area contributed by atoms with Gasteiger partial charge in [-0.1, -0.05) is 19.8 Å². The summed E-state index contributed by atoms with van der Waals surface area (Å²) in [6.07, 6.45) is 8.44. The summed E-state index contributed by atoms with van der Waals surface area (Å²) in [5, 5.41) is 8.75. The molecule has 0 radical (unpaired) electrons. The number of nitrogens with zero attached hydrogens (tertiary/aromatic N) is 7. The van der Waals surface area contributed by atoms with E-state index in [1.54, 1.807) is 18.6 Å². The van der Waals surface area contributed by atoms with Crippen molar-refractivity contribution in [2.75, 3.05) is 11.4 Å². The standard InChI is InChI=1S/C15H17BrN8/c1-2-3-4-7-23-12-11(19-14(16)20-12)9-24-13(21-22-15(23)24)10-8-17-5-6-18-10/h5-6,8H,2-4,7,9H2,1H3,(H,19,20). The van der Waals surface area contributed by atoms with E-state index in [4.69, 9.17) is 0 Å². The molecule has 1 aliphatic rings. The monoisotopic (exact) mass is 388 g/mol. The maximum Gasteiger partial charge on any atom is 0.233 e. The second-order valence-corrected chi connectivity index (χ2v) is 6.44. The van der Waals surface area contributed by atoms with E-state index in [0.29, 0.717) is 12.2 Å². The van der Waals surface area contributed by atoms with E-state index in [1.807, 2.05) is 0 Å². The van der Waals surface area contributed by atoms with Crippen molar-refractivity contribution < 1.29 is 0 Å². The minimum absolute atomic E-state index is 0.631. The molecule has 0 saturated carbocycles. The number of aromatic amines is 1. The number of aromatic nitrogens is 7. The van der Waals surface area contributed by atoms with Crippen LogP contribution in [-0.4, -0.2) is 41.2 Å². The fourth-order valence-corrected chi connectivity index (χ4v) is 3.33. The Bertz CT molecular complexity index is 841. The molecule has 0 bridgehead atoms. The first-order chi connectivity index (χ1) is 11.8. The summed E-state index contributed by atoms with van der Waals surface area (Å²) in [5.41, 5.74) is 1.75. The van der Waals surface area contributed by atoms with Crippen LogP contribution in [0.3, 0.4) is 0 Å². The zero-order chi connectivity index (χ0) is 16.5. The molecule has 0 fully saturated rings. The predicted octanol–water partition coefficient (Wildman–Crippen LogP) is 2.91. The molecule has 3 aromatic rings. The summed E-state index contributed by atoms with van der Waals surface area (Å²) in [4.78, 5) is 18.5. The predicted molar refractivity (Wildman–Crippen MR) is 93.0 cm³/mol. The van der Waals surface area contributed by atoms with Gasteiger partial charge in [-0.15, -0.1) is 10.2 Å². The summed E-state index contributed by atoms with van der Waals surface area (Å²) in [5.74, 6) is 2.44. The van der Waals surface area contributed by atoms with Gasteiger partial charge in [0.25, 0.3) is 0 Å². The Labute approximate surface area is 147 Å². The number of hydrogen-bond donors (Lipinski definition) is 1. The first kappa shape index (κ1) is 15.3. The molecule has 0 aliphatic carbocycles. The minimum atomic E-state index is 0.631. The molecule has 0 spiro atoms. The number of hydrogen-bond acceptors (Lipinski definition) is 6. The lowest BCUT2D eigenvalue weighted by Gasteiger charge is -2.27. The molecule has 0 amide bonds. The number of anilines is 2. The summed E-state index contributed by atoms with van der Waals surface area (Å²) in [6, 6.07) is 0. The van der Waals surface area contributed by atoms with Crippen molar-refractivity contribution in [3.8, 4) is 11.5 Å². The molecule has 1 N–H and O–H groups in total. The molecule has 3 aromatic heterocycles. The summed E-state index contributed by atoms with van der Waals surface area (Å²) >= 11 is 3.44. The van der Waals surface area contributed by atoms with Crippen LogP contribution in [0.25, 0.3) is 11.5 Å². The summed E-state index contributed by atoms with van der Waals surface area (Å²) in [6.45, 7) is 3.69. The SMILES string of the molecule is CCCCCN1c2nc(Br)[nH]c2Cn2c(-c3cnccn3)nnc21. The van der Waals surface area contributed by atoms with Crippen molar-refractivity contribution in [3.63, 3.8) is 0 Å². The quantitative estimate of drug-likeness (QED) is 0.675. The van der Waals surface area contributed by atoms with Gasteiger partial charge in [0, 0.05) is 18.9 Å². The van der Waals surface area contributed by atoms with Gasteiger partial charge in [-0.3, -0.25) is 14.5 Å². The van der Waals surface area contributed by atoms with Crippen LogP contribution in [0.2, 0.25) is 0 Å². The molecule has 9 heteroatoms. The van der Waals surface area contributed by atoms with Crippen LogP contribution in [0.15, 0.2) is 23.3 Å². The van der Waals surface area contributed by atoms with Crippen LogP contribution in [0.4, 0.5) is 11.8 Å². The maximum absolute atomic E-state index is 4.57. The maximum atomic E-state index is 4.57. The van der Waals surface area contributed by atoms with Crippen LogP contribution >= 0.6 is 15.9 Å². The van der Waals surface area contributed by atoms with E-state index in [1.165, 1.54) is 12.8 Å². The highest BCUT2D eigenvalue weighted by Crippen LogP contribution is 2.35.